The third kappa shape index (κ3) is 1.69. The molecule has 0 unspecified atom stereocenters. The van der Waals surface area contributed by atoms with Gasteiger partial charge in [0.05, 0.1) is 0 Å². The van der Waals surface area contributed by atoms with Crippen LogP contribution in [0, 0.1) is 12.7 Å². The SMILES string of the molecule is Cc1cc(F)c(O)cc1C1(CN)CCCC1. The van der Waals surface area contributed by atoms with Gasteiger partial charge in [0.15, 0.2) is 11.6 Å². The van der Waals surface area contributed by atoms with Crippen molar-refractivity contribution < 1.29 is 9.50 Å². The number of phenolic OH excluding ortho intramolecular Hbond substituents is 1. The van der Waals surface area contributed by atoms with Crippen LogP contribution >= 0.6 is 0 Å². The summed E-state index contributed by atoms with van der Waals surface area (Å²) in [7, 11) is 0. The molecule has 0 heterocycles. The molecule has 3 heteroatoms. The number of rotatable bonds is 2. The average Bonchev–Trinajstić information content (AvgIpc) is 2.73. The molecule has 0 atom stereocenters. The van der Waals surface area contributed by atoms with E-state index in [1.165, 1.54) is 6.07 Å². The van der Waals surface area contributed by atoms with Crippen LogP contribution in [0.2, 0.25) is 0 Å². The summed E-state index contributed by atoms with van der Waals surface area (Å²) in [5.74, 6) is -0.813. The Hall–Kier alpha value is -1.09. The molecule has 2 rings (SSSR count). The molecular formula is C13H18FNO. The van der Waals surface area contributed by atoms with Crippen LogP contribution in [0.1, 0.15) is 36.8 Å². The van der Waals surface area contributed by atoms with Gasteiger partial charge in [-0.3, -0.25) is 0 Å². The predicted molar refractivity (Wildman–Crippen MR) is 62.0 cm³/mol. The molecular weight excluding hydrogens is 205 g/mol. The number of nitrogens with two attached hydrogens (primary N) is 1. The zero-order valence-electron chi connectivity index (χ0n) is 9.59. The minimum atomic E-state index is -0.550. The summed E-state index contributed by atoms with van der Waals surface area (Å²) in [6.45, 7) is 2.45. The largest absolute Gasteiger partial charge is 0.505 e. The molecule has 0 spiro atoms. The number of aromatic hydroxyl groups is 1. The molecule has 16 heavy (non-hydrogen) atoms. The van der Waals surface area contributed by atoms with E-state index >= 15 is 0 Å². The minimum Gasteiger partial charge on any atom is -0.505 e. The lowest BCUT2D eigenvalue weighted by Gasteiger charge is -2.29. The fourth-order valence-corrected chi connectivity index (χ4v) is 2.87. The smallest absolute Gasteiger partial charge is 0.165 e. The van der Waals surface area contributed by atoms with Crippen molar-refractivity contribution in [1.29, 1.82) is 0 Å². The van der Waals surface area contributed by atoms with E-state index in [-0.39, 0.29) is 11.2 Å². The third-order valence-electron chi connectivity index (χ3n) is 3.82. The zero-order valence-corrected chi connectivity index (χ0v) is 9.59. The van der Waals surface area contributed by atoms with Crippen molar-refractivity contribution in [3.8, 4) is 5.75 Å². The summed E-state index contributed by atoms with van der Waals surface area (Å²) in [5, 5.41) is 9.48. The first-order valence-corrected chi connectivity index (χ1v) is 5.79. The molecule has 88 valence electrons. The van der Waals surface area contributed by atoms with E-state index < -0.39 is 5.82 Å². The van der Waals surface area contributed by atoms with Crippen LogP contribution in [-0.2, 0) is 5.41 Å². The van der Waals surface area contributed by atoms with E-state index in [0.717, 1.165) is 36.8 Å². The number of aryl methyl sites for hydroxylation is 1. The molecule has 2 nitrogen and oxygen atoms in total. The normalized spacial score (nSPS) is 18.9. The van der Waals surface area contributed by atoms with Crippen molar-refractivity contribution in [3.63, 3.8) is 0 Å². The number of hydrogen-bond donors (Lipinski definition) is 2. The van der Waals surface area contributed by atoms with Crippen molar-refractivity contribution in [2.45, 2.75) is 38.0 Å². The number of benzene rings is 1. The van der Waals surface area contributed by atoms with E-state index in [2.05, 4.69) is 0 Å². The summed E-state index contributed by atoms with van der Waals surface area (Å²) in [6.07, 6.45) is 4.40. The Morgan fingerprint density at radius 3 is 2.56 bits per heavy atom. The molecule has 0 aromatic heterocycles. The van der Waals surface area contributed by atoms with Gasteiger partial charge in [-0.25, -0.2) is 4.39 Å². The topological polar surface area (TPSA) is 46.2 Å². The van der Waals surface area contributed by atoms with Gasteiger partial charge in [-0.1, -0.05) is 12.8 Å². The Bertz CT molecular complexity index is 397. The zero-order chi connectivity index (χ0) is 11.8. The van der Waals surface area contributed by atoms with Gasteiger partial charge in [-0.05, 0) is 43.0 Å². The standard InChI is InChI=1S/C13H18FNO/c1-9-6-11(14)12(16)7-10(9)13(8-15)4-2-3-5-13/h6-7,16H,2-5,8,15H2,1H3. The lowest BCUT2D eigenvalue weighted by atomic mass is 9.77. The first-order chi connectivity index (χ1) is 7.59. The van der Waals surface area contributed by atoms with Gasteiger partial charge in [-0.15, -0.1) is 0 Å². The molecule has 1 aromatic carbocycles. The minimum absolute atomic E-state index is 0.0464. The van der Waals surface area contributed by atoms with Crippen LogP contribution in [0.3, 0.4) is 0 Å². The molecule has 1 saturated carbocycles. The predicted octanol–water partition coefficient (Wildman–Crippen LogP) is 2.61. The van der Waals surface area contributed by atoms with Gasteiger partial charge < -0.3 is 10.8 Å². The maximum atomic E-state index is 13.2. The van der Waals surface area contributed by atoms with Gasteiger partial charge in [0.25, 0.3) is 0 Å². The molecule has 1 aromatic rings. The van der Waals surface area contributed by atoms with Gasteiger partial charge in [0.1, 0.15) is 0 Å². The first-order valence-electron chi connectivity index (χ1n) is 5.79. The molecule has 0 bridgehead atoms. The van der Waals surface area contributed by atoms with Crippen molar-refractivity contribution in [2.75, 3.05) is 6.54 Å². The van der Waals surface area contributed by atoms with Crippen LogP contribution in [0.4, 0.5) is 4.39 Å². The van der Waals surface area contributed by atoms with Crippen molar-refractivity contribution in [3.05, 3.63) is 29.1 Å². The van der Waals surface area contributed by atoms with E-state index in [1.54, 1.807) is 6.07 Å². The first kappa shape index (κ1) is 11.4. The summed E-state index contributed by atoms with van der Waals surface area (Å²) in [6, 6.07) is 2.96. The highest BCUT2D eigenvalue weighted by molar-refractivity contribution is 5.41. The van der Waals surface area contributed by atoms with E-state index in [9.17, 15) is 9.50 Å². The Labute approximate surface area is 95.3 Å². The monoisotopic (exact) mass is 223 g/mol. The summed E-state index contributed by atoms with van der Waals surface area (Å²) in [5.41, 5.74) is 7.75. The molecule has 1 aliphatic rings. The Kier molecular flexibility index (Phi) is 2.89. The third-order valence-corrected chi connectivity index (χ3v) is 3.82. The second kappa shape index (κ2) is 4.06. The van der Waals surface area contributed by atoms with Gasteiger partial charge in [0, 0.05) is 12.0 Å². The molecule has 0 aliphatic heterocycles. The number of phenols is 1. The maximum absolute atomic E-state index is 13.2. The van der Waals surface area contributed by atoms with Crippen molar-refractivity contribution in [1.82, 2.24) is 0 Å². The molecule has 3 N–H and O–H groups in total. The van der Waals surface area contributed by atoms with Crippen LogP contribution in [0.5, 0.6) is 5.75 Å². The number of halogens is 1. The molecule has 0 amide bonds. The Morgan fingerprint density at radius 1 is 1.38 bits per heavy atom. The van der Waals surface area contributed by atoms with Crippen LogP contribution in [0.25, 0.3) is 0 Å². The molecule has 0 saturated heterocycles. The Balaban J connectivity index is 2.50. The fraction of sp³-hybridized carbons (Fsp3) is 0.538. The summed E-state index contributed by atoms with van der Waals surface area (Å²) < 4.78 is 13.2. The lowest BCUT2D eigenvalue weighted by Crippen LogP contribution is -2.32. The van der Waals surface area contributed by atoms with E-state index in [1.807, 2.05) is 6.92 Å². The highest BCUT2D eigenvalue weighted by Crippen LogP contribution is 2.42. The van der Waals surface area contributed by atoms with Crippen molar-refractivity contribution in [2.24, 2.45) is 5.73 Å². The average molecular weight is 223 g/mol. The van der Waals surface area contributed by atoms with Crippen LogP contribution < -0.4 is 5.73 Å². The van der Waals surface area contributed by atoms with E-state index in [0.29, 0.717) is 6.54 Å². The van der Waals surface area contributed by atoms with Crippen molar-refractivity contribution >= 4 is 0 Å². The van der Waals surface area contributed by atoms with Crippen LogP contribution in [-0.4, -0.2) is 11.7 Å². The highest BCUT2D eigenvalue weighted by Gasteiger charge is 2.35. The fourth-order valence-electron chi connectivity index (χ4n) is 2.87. The maximum Gasteiger partial charge on any atom is 0.165 e. The number of hydrogen-bond acceptors (Lipinski definition) is 2. The molecule has 1 aliphatic carbocycles. The van der Waals surface area contributed by atoms with Gasteiger partial charge >= 0.3 is 0 Å². The second-order valence-electron chi connectivity index (χ2n) is 4.81. The summed E-state index contributed by atoms with van der Waals surface area (Å²) >= 11 is 0. The molecule has 1 fully saturated rings. The quantitative estimate of drug-likeness (QED) is 0.809. The second-order valence-corrected chi connectivity index (χ2v) is 4.81. The summed E-state index contributed by atoms with van der Waals surface area (Å²) in [4.78, 5) is 0. The molecule has 0 radical (unpaired) electrons. The van der Waals surface area contributed by atoms with Gasteiger partial charge in [0.2, 0.25) is 0 Å². The highest BCUT2D eigenvalue weighted by atomic mass is 19.1. The van der Waals surface area contributed by atoms with Gasteiger partial charge in [-0.2, -0.15) is 0 Å². The van der Waals surface area contributed by atoms with E-state index in [4.69, 9.17) is 5.73 Å². The lowest BCUT2D eigenvalue weighted by molar-refractivity contribution is 0.416. The van der Waals surface area contributed by atoms with Crippen LogP contribution in [0.15, 0.2) is 12.1 Å². The Morgan fingerprint density at radius 2 is 2.00 bits per heavy atom.